The van der Waals surface area contributed by atoms with E-state index in [2.05, 4.69) is 26.7 Å². The van der Waals surface area contributed by atoms with Crippen molar-refractivity contribution < 1.29 is 13.3 Å². The van der Waals surface area contributed by atoms with E-state index in [0.717, 1.165) is 43.1 Å². The lowest BCUT2D eigenvalue weighted by Gasteiger charge is -2.22. The molecule has 2 aliphatic heterocycles. The molecule has 5 rings (SSSR count). The number of nitrogens with one attached hydrogen (secondary N) is 4. The molecule has 0 saturated carbocycles. The fourth-order valence-corrected chi connectivity index (χ4v) is 5.18. The number of hydrogen-bond donors (Lipinski definition) is 4. The second-order valence-corrected chi connectivity index (χ2v) is 10.3. The zero-order valence-electron chi connectivity index (χ0n) is 20.8. The lowest BCUT2D eigenvalue weighted by atomic mass is 9.96. The molecule has 1 aromatic heterocycles. The largest absolute Gasteiger partial charge is 0.593 e. The minimum Gasteiger partial charge on any atom is -0.593 e. The van der Waals surface area contributed by atoms with E-state index in [-0.39, 0.29) is 5.56 Å². The van der Waals surface area contributed by atoms with Gasteiger partial charge in [0.05, 0.1) is 29.3 Å². The normalized spacial score (nSPS) is 17.9. The lowest BCUT2D eigenvalue weighted by Crippen LogP contribution is -2.29. The molecule has 0 spiro atoms. The highest BCUT2D eigenvalue weighted by molar-refractivity contribution is 7.92. The number of rotatable bonds is 7. The summed E-state index contributed by atoms with van der Waals surface area (Å²) in [7, 11) is 0. The van der Waals surface area contributed by atoms with Gasteiger partial charge >= 0.3 is 0 Å². The van der Waals surface area contributed by atoms with E-state index in [1.165, 1.54) is 24.6 Å². The van der Waals surface area contributed by atoms with Crippen molar-refractivity contribution in [1.29, 1.82) is 5.41 Å². The molecular formula is C28H28F2N6OS. The Kier molecular flexibility index (Phi) is 7.73. The van der Waals surface area contributed by atoms with Crippen molar-refractivity contribution in [3.05, 3.63) is 95.6 Å². The van der Waals surface area contributed by atoms with Crippen LogP contribution in [0.3, 0.4) is 0 Å². The highest BCUT2D eigenvalue weighted by Crippen LogP contribution is 2.32. The third-order valence-electron chi connectivity index (χ3n) is 6.61. The first kappa shape index (κ1) is 25.9. The molecule has 7 nitrogen and oxygen atoms in total. The molecule has 0 amide bonds. The van der Waals surface area contributed by atoms with Gasteiger partial charge in [-0.05, 0) is 73.5 Å². The van der Waals surface area contributed by atoms with Gasteiger partial charge in [0.1, 0.15) is 17.9 Å². The van der Waals surface area contributed by atoms with Crippen molar-refractivity contribution in [2.24, 2.45) is 0 Å². The van der Waals surface area contributed by atoms with Crippen LogP contribution in [0.4, 0.5) is 14.5 Å². The summed E-state index contributed by atoms with van der Waals surface area (Å²) in [4.78, 5) is 0. The van der Waals surface area contributed by atoms with Crippen molar-refractivity contribution in [2.45, 2.75) is 18.9 Å². The quantitative estimate of drug-likeness (QED) is 0.252. The van der Waals surface area contributed by atoms with Gasteiger partial charge in [0.15, 0.2) is 0 Å². The number of dihydropyridines is 1. The van der Waals surface area contributed by atoms with Gasteiger partial charge in [0.25, 0.3) is 0 Å². The number of aromatic nitrogens is 2. The van der Waals surface area contributed by atoms with Crippen LogP contribution in [0.2, 0.25) is 0 Å². The number of benzene rings is 2. The van der Waals surface area contributed by atoms with Crippen molar-refractivity contribution >= 4 is 34.4 Å². The second kappa shape index (κ2) is 11.3. The maximum atomic E-state index is 14.6. The zero-order valence-corrected chi connectivity index (χ0v) is 21.6. The van der Waals surface area contributed by atoms with E-state index < -0.39 is 23.0 Å². The van der Waals surface area contributed by atoms with E-state index in [4.69, 9.17) is 5.41 Å². The van der Waals surface area contributed by atoms with Crippen molar-refractivity contribution in [3.63, 3.8) is 0 Å². The summed E-state index contributed by atoms with van der Waals surface area (Å²) in [5, 5.41) is 19.3. The number of nitrogens with zero attached hydrogens (tertiary/aromatic N) is 2. The summed E-state index contributed by atoms with van der Waals surface area (Å²) < 4.78 is 44.9. The minimum atomic E-state index is -1.37. The third-order valence-corrected chi connectivity index (χ3v) is 7.14. The maximum Gasteiger partial charge on any atom is 0.133 e. The predicted molar refractivity (Wildman–Crippen MR) is 149 cm³/mol. The molecule has 0 bridgehead atoms. The Labute approximate surface area is 223 Å². The summed E-state index contributed by atoms with van der Waals surface area (Å²) in [6.07, 6.45) is 14.4. The Morgan fingerprint density at radius 2 is 1.97 bits per heavy atom. The smallest absolute Gasteiger partial charge is 0.133 e. The molecular weight excluding hydrogens is 506 g/mol. The summed E-state index contributed by atoms with van der Waals surface area (Å²) in [5.74, 6) is -1.37. The summed E-state index contributed by atoms with van der Waals surface area (Å²) >= 11 is -1.37. The number of anilines is 1. The van der Waals surface area contributed by atoms with Gasteiger partial charge in [-0.25, -0.2) is 13.5 Å². The van der Waals surface area contributed by atoms with E-state index in [0.29, 0.717) is 34.1 Å². The topological polar surface area (TPSA) is 101 Å². The Bertz CT molecular complexity index is 1440. The molecule has 1 unspecified atom stereocenters. The first-order valence-electron chi connectivity index (χ1n) is 12.3. The SMILES string of the molecule is C[S+]([O-])Nc1cc(/C(C=N)=C2\C=CC(c3cnn(C4CCNCC4)c3)=CN2)cc(-c2ccc(F)cc2F)c1. The zero-order chi connectivity index (χ0) is 26.6. The Morgan fingerprint density at radius 1 is 1.16 bits per heavy atom. The first-order valence-corrected chi connectivity index (χ1v) is 13.8. The standard InChI is InChI=1S/C28H28F2N6OS/c1-38(37)35-23-11-19(25-4-3-22(29)13-27(25)30)10-20(12-23)26(14-31)28-5-2-18(15-33-28)21-16-34-36(17-21)24-6-8-32-9-7-24/h2-5,10-17,24,31-33,35H,6-9H2,1H3/b28-26+,31-14?. The number of allylic oxidation sites excluding steroid dienone is 4. The van der Waals surface area contributed by atoms with E-state index in [1.54, 1.807) is 18.2 Å². The number of piperidine rings is 1. The Balaban J connectivity index is 1.45. The van der Waals surface area contributed by atoms with Crippen LogP contribution in [-0.4, -0.2) is 39.9 Å². The molecule has 1 saturated heterocycles. The van der Waals surface area contributed by atoms with Gasteiger partial charge in [-0.3, -0.25) is 4.68 Å². The molecule has 3 aromatic rings. The maximum absolute atomic E-state index is 14.6. The molecule has 2 aromatic carbocycles. The monoisotopic (exact) mass is 534 g/mol. The van der Waals surface area contributed by atoms with Crippen LogP contribution in [0, 0.1) is 17.0 Å². The van der Waals surface area contributed by atoms with Crippen LogP contribution >= 0.6 is 0 Å². The molecule has 196 valence electrons. The second-order valence-electron chi connectivity index (χ2n) is 9.22. The fraction of sp³-hybridized carbons (Fsp3) is 0.214. The highest BCUT2D eigenvalue weighted by atomic mass is 32.2. The van der Waals surface area contributed by atoms with Crippen LogP contribution < -0.4 is 15.4 Å². The minimum absolute atomic E-state index is 0.201. The van der Waals surface area contributed by atoms with Gasteiger partial charge in [-0.1, -0.05) is 6.08 Å². The van der Waals surface area contributed by atoms with Gasteiger partial charge in [-0.15, -0.1) is 0 Å². The Hall–Kier alpha value is -3.73. The van der Waals surface area contributed by atoms with Gasteiger partial charge in [0, 0.05) is 52.6 Å². The predicted octanol–water partition coefficient (Wildman–Crippen LogP) is 5.02. The number of hydrogen-bond acceptors (Lipinski definition) is 6. The molecule has 38 heavy (non-hydrogen) atoms. The molecule has 4 N–H and O–H groups in total. The Morgan fingerprint density at radius 3 is 2.66 bits per heavy atom. The first-order chi connectivity index (χ1) is 18.4. The molecule has 3 heterocycles. The van der Waals surface area contributed by atoms with E-state index >= 15 is 0 Å². The highest BCUT2D eigenvalue weighted by Gasteiger charge is 2.18. The molecule has 0 radical (unpaired) electrons. The van der Waals surface area contributed by atoms with Crippen LogP contribution in [0.15, 0.2) is 72.8 Å². The van der Waals surface area contributed by atoms with E-state index in [1.807, 2.05) is 29.2 Å². The molecule has 1 fully saturated rings. The van der Waals surface area contributed by atoms with Crippen molar-refractivity contribution in [3.8, 4) is 11.1 Å². The van der Waals surface area contributed by atoms with Gasteiger partial charge in [0.2, 0.25) is 0 Å². The van der Waals surface area contributed by atoms with Crippen LogP contribution in [0.5, 0.6) is 0 Å². The van der Waals surface area contributed by atoms with Gasteiger partial charge < -0.3 is 20.6 Å². The lowest BCUT2D eigenvalue weighted by molar-refractivity contribution is 0.343. The molecule has 1 atom stereocenters. The molecule has 0 aliphatic carbocycles. The van der Waals surface area contributed by atoms with E-state index in [9.17, 15) is 13.3 Å². The average Bonchev–Trinajstić information content (AvgIpc) is 3.40. The van der Waals surface area contributed by atoms with Crippen molar-refractivity contribution in [1.82, 2.24) is 20.4 Å². The van der Waals surface area contributed by atoms with Crippen LogP contribution in [0.25, 0.3) is 22.3 Å². The molecule has 10 heteroatoms. The molecule has 2 aliphatic rings. The van der Waals surface area contributed by atoms with Crippen LogP contribution in [0.1, 0.15) is 30.0 Å². The van der Waals surface area contributed by atoms with Crippen molar-refractivity contribution in [2.75, 3.05) is 24.1 Å². The summed E-state index contributed by atoms with van der Waals surface area (Å²) in [6.45, 7) is 1.98. The average molecular weight is 535 g/mol. The summed E-state index contributed by atoms with van der Waals surface area (Å²) in [5.41, 5.74) is 4.95. The van der Waals surface area contributed by atoms with Crippen LogP contribution in [-0.2, 0) is 11.4 Å². The third kappa shape index (κ3) is 5.72. The van der Waals surface area contributed by atoms with Gasteiger partial charge in [-0.2, -0.15) is 5.10 Å². The summed E-state index contributed by atoms with van der Waals surface area (Å²) in [6, 6.07) is 8.90. The fourth-order valence-electron chi connectivity index (χ4n) is 4.73. The number of halogens is 2.